The number of hydrogen-bond donors (Lipinski definition) is 2. The van der Waals surface area contributed by atoms with Gasteiger partial charge in [0.1, 0.15) is 30.3 Å². The summed E-state index contributed by atoms with van der Waals surface area (Å²) in [5, 5.41) is 5.67. The number of ether oxygens (including phenoxy) is 2. The minimum atomic E-state index is -1.18. The number of fused-ring (bicyclic) bond motifs is 2. The highest BCUT2D eigenvalue weighted by molar-refractivity contribution is 6.11. The van der Waals surface area contributed by atoms with Gasteiger partial charge in [-0.2, -0.15) is 0 Å². The maximum Gasteiger partial charge on any atom is 0.276 e. The molecular weight excluding hydrogens is 493 g/mol. The normalized spacial score (nSPS) is 20.1. The lowest BCUT2D eigenvalue weighted by atomic mass is 9.93. The van der Waals surface area contributed by atoms with Crippen LogP contribution < -0.4 is 20.1 Å². The molecule has 2 N–H and O–H groups in total. The predicted octanol–water partition coefficient (Wildman–Crippen LogP) is 2.74. The van der Waals surface area contributed by atoms with Crippen molar-refractivity contribution in [2.24, 2.45) is 0 Å². The van der Waals surface area contributed by atoms with Crippen LogP contribution >= 0.6 is 0 Å². The van der Waals surface area contributed by atoms with E-state index in [1.807, 2.05) is 0 Å². The van der Waals surface area contributed by atoms with Crippen LogP contribution in [0.3, 0.4) is 0 Å². The van der Waals surface area contributed by atoms with Crippen molar-refractivity contribution in [1.29, 1.82) is 0 Å². The summed E-state index contributed by atoms with van der Waals surface area (Å²) in [4.78, 5) is 46.3. The van der Waals surface area contributed by atoms with E-state index in [4.69, 9.17) is 9.47 Å². The highest BCUT2D eigenvalue weighted by Gasteiger charge is 2.53. The molecule has 10 nitrogen and oxygen atoms in total. The summed E-state index contributed by atoms with van der Waals surface area (Å²) >= 11 is 0. The number of imidazole rings is 1. The van der Waals surface area contributed by atoms with Gasteiger partial charge in [-0.1, -0.05) is 12.1 Å². The zero-order chi connectivity index (χ0) is 26.4. The number of carbonyl (C=O) groups excluding carboxylic acids is 3. The lowest BCUT2D eigenvalue weighted by Crippen LogP contribution is -2.64. The first-order chi connectivity index (χ1) is 18.3. The van der Waals surface area contributed by atoms with Crippen LogP contribution in [0.4, 0.5) is 10.1 Å². The first kappa shape index (κ1) is 24.0. The topological polar surface area (TPSA) is 115 Å². The molecule has 1 aliphatic carbocycles. The molecule has 38 heavy (non-hydrogen) atoms. The SMILES string of the molecule is CC1(C(=O)NCc2ccc(F)cc2)Cn2cnc(C(=O)Nc3ccc4c(c3)OCCO4)c2C(=O)N1C1CC1. The van der Waals surface area contributed by atoms with E-state index < -0.39 is 17.4 Å². The minimum Gasteiger partial charge on any atom is -0.486 e. The number of anilines is 1. The quantitative estimate of drug-likeness (QED) is 0.518. The number of aromatic nitrogens is 2. The molecule has 2 aromatic carbocycles. The van der Waals surface area contributed by atoms with Crippen LogP contribution in [0.2, 0.25) is 0 Å². The lowest BCUT2D eigenvalue weighted by Gasteiger charge is -2.44. The summed E-state index contributed by atoms with van der Waals surface area (Å²) in [6, 6.07) is 10.8. The third kappa shape index (κ3) is 4.23. The van der Waals surface area contributed by atoms with E-state index in [2.05, 4.69) is 15.6 Å². The second-order valence-corrected chi connectivity index (χ2v) is 9.87. The van der Waals surface area contributed by atoms with Crippen molar-refractivity contribution >= 4 is 23.4 Å². The standard InChI is InChI=1S/C27H26FN5O5/c1-27(26(36)29-13-16-2-4-17(28)5-3-16)14-32-15-30-22(23(32)25(35)33(27)19-7-8-19)24(34)31-18-6-9-20-21(12-18)38-11-10-37-20/h2-6,9,12,15,19H,7-8,10-11,13-14H2,1H3,(H,29,36)(H,31,34). The van der Waals surface area contributed by atoms with Crippen LogP contribution in [0.1, 0.15) is 46.3 Å². The number of nitrogens with one attached hydrogen (secondary N) is 2. The van der Waals surface area contributed by atoms with Crippen molar-refractivity contribution in [2.75, 3.05) is 18.5 Å². The summed E-state index contributed by atoms with van der Waals surface area (Å²) in [5.74, 6) is -0.512. The smallest absolute Gasteiger partial charge is 0.276 e. The fraction of sp³-hybridized carbons (Fsp3) is 0.333. The number of amides is 3. The number of benzene rings is 2. The average molecular weight is 520 g/mol. The van der Waals surface area contributed by atoms with E-state index in [1.165, 1.54) is 18.5 Å². The van der Waals surface area contributed by atoms with E-state index in [-0.39, 0.29) is 42.2 Å². The van der Waals surface area contributed by atoms with Crippen molar-refractivity contribution in [1.82, 2.24) is 19.8 Å². The summed E-state index contributed by atoms with van der Waals surface area (Å²) in [7, 11) is 0. The molecule has 3 aliphatic rings. The zero-order valence-electron chi connectivity index (χ0n) is 20.7. The molecule has 0 saturated heterocycles. The Morgan fingerprint density at radius 2 is 1.84 bits per heavy atom. The molecule has 1 saturated carbocycles. The van der Waals surface area contributed by atoms with Crippen molar-refractivity contribution in [3.8, 4) is 11.5 Å². The van der Waals surface area contributed by atoms with Gasteiger partial charge in [0.05, 0.1) is 12.9 Å². The largest absolute Gasteiger partial charge is 0.486 e. The van der Waals surface area contributed by atoms with Gasteiger partial charge in [0.2, 0.25) is 5.91 Å². The molecule has 1 fully saturated rings. The second kappa shape index (κ2) is 9.16. The molecule has 1 atom stereocenters. The van der Waals surface area contributed by atoms with Gasteiger partial charge in [-0.25, -0.2) is 9.37 Å². The third-order valence-electron chi connectivity index (χ3n) is 7.05. The van der Waals surface area contributed by atoms with Gasteiger partial charge >= 0.3 is 0 Å². The number of carbonyl (C=O) groups is 3. The summed E-state index contributed by atoms with van der Waals surface area (Å²) in [5.41, 5.74) is 0.175. The van der Waals surface area contributed by atoms with Gasteiger partial charge in [0.15, 0.2) is 17.2 Å². The third-order valence-corrected chi connectivity index (χ3v) is 7.05. The zero-order valence-corrected chi connectivity index (χ0v) is 20.7. The van der Waals surface area contributed by atoms with E-state index >= 15 is 0 Å². The van der Waals surface area contributed by atoms with Crippen LogP contribution in [0.15, 0.2) is 48.8 Å². The molecule has 3 heterocycles. The average Bonchev–Trinajstić information content (AvgIpc) is 3.65. The molecule has 1 unspecified atom stereocenters. The Balaban J connectivity index is 1.24. The van der Waals surface area contributed by atoms with E-state index in [1.54, 1.807) is 46.7 Å². The van der Waals surface area contributed by atoms with Crippen molar-refractivity contribution in [3.05, 3.63) is 71.6 Å². The molecule has 196 valence electrons. The Hall–Kier alpha value is -4.41. The lowest BCUT2D eigenvalue weighted by molar-refractivity contribution is -0.133. The summed E-state index contributed by atoms with van der Waals surface area (Å²) < 4.78 is 25.9. The van der Waals surface area contributed by atoms with Crippen molar-refractivity contribution in [2.45, 2.75) is 44.4 Å². The van der Waals surface area contributed by atoms with E-state index in [0.717, 1.165) is 18.4 Å². The summed E-state index contributed by atoms with van der Waals surface area (Å²) in [6.07, 6.45) is 2.97. The number of halogens is 1. The van der Waals surface area contributed by atoms with E-state index in [0.29, 0.717) is 30.4 Å². The second-order valence-electron chi connectivity index (χ2n) is 9.87. The monoisotopic (exact) mass is 519 g/mol. The Morgan fingerprint density at radius 3 is 2.58 bits per heavy atom. The number of rotatable bonds is 6. The van der Waals surface area contributed by atoms with Gasteiger partial charge < -0.3 is 29.6 Å². The van der Waals surface area contributed by atoms with Crippen LogP contribution in [0.25, 0.3) is 0 Å². The predicted molar refractivity (Wildman–Crippen MR) is 133 cm³/mol. The summed E-state index contributed by atoms with van der Waals surface area (Å²) in [6.45, 7) is 2.94. The Morgan fingerprint density at radius 1 is 1.11 bits per heavy atom. The van der Waals surface area contributed by atoms with E-state index in [9.17, 15) is 18.8 Å². The molecule has 6 rings (SSSR count). The van der Waals surface area contributed by atoms with Crippen molar-refractivity contribution < 1.29 is 28.2 Å². The number of nitrogens with zero attached hydrogens (tertiary/aromatic N) is 3. The Labute approximate surface area is 217 Å². The van der Waals surface area contributed by atoms with Crippen LogP contribution in [-0.4, -0.2) is 57.0 Å². The molecule has 0 bridgehead atoms. The first-order valence-electron chi connectivity index (χ1n) is 12.5. The fourth-order valence-electron chi connectivity index (χ4n) is 5.01. The highest BCUT2D eigenvalue weighted by Crippen LogP contribution is 2.39. The number of hydrogen-bond acceptors (Lipinski definition) is 6. The maximum absolute atomic E-state index is 13.8. The van der Waals surface area contributed by atoms with Gasteiger partial charge in [-0.05, 0) is 49.6 Å². The molecule has 0 spiro atoms. The molecular formula is C27H26FN5O5. The van der Waals surface area contributed by atoms with Gasteiger partial charge in [-0.3, -0.25) is 14.4 Å². The Kier molecular flexibility index (Phi) is 5.77. The minimum absolute atomic E-state index is 0.00990. The van der Waals surface area contributed by atoms with Gasteiger partial charge in [-0.15, -0.1) is 0 Å². The highest BCUT2D eigenvalue weighted by atomic mass is 19.1. The van der Waals surface area contributed by atoms with Crippen LogP contribution in [0, 0.1) is 5.82 Å². The first-order valence-corrected chi connectivity index (χ1v) is 12.5. The molecule has 11 heteroatoms. The fourth-order valence-corrected chi connectivity index (χ4v) is 5.01. The molecule has 0 radical (unpaired) electrons. The maximum atomic E-state index is 13.8. The van der Waals surface area contributed by atoms with Gasteiger partial charge in [0, 0.05) is 24.3 Å². The van der Waals surface area contributed by atoms with Crippen LogP contribution in [-0.2, 0) is 17.9 Å². The molecule has 1 aromatic heterocycles. The van der Waals surface area contributed by atoms with Crippen LogP contribution in [0.5, 0.6) is 11.5 Å². The van der Waals surface area contributed by atoms with Gasteiger partial charge in [0.25, 0.3) is 11.8 Å². The molecule has 2 aliphatic heterocycles. The van der Waals surface area contributed by atoms with Crippen molar-refractivity contribution in [3.63, 3.8) is 0 Å². The Bertz CT molecular complexity index is 1430. The molecule has 3 aromatic rings. The molecule has 3 amide bonds.